The molecule has 0 saturated carbocycles. The summed E-state index contributed by atoms with van der Waals surface area (Å²) in [7, 11) is 3.58. The number of carbonyl (C=O) groups is 1. The lowest BCUT2D eigenvalue weighted by Gasteiger charge is -2.34. The second-order valence-corrected chi connectivity index (χ2v) is 5.59. The number of hydrogen-bond acceptors (Lipinski definition) is 6. The van der Waals surface area contributed by atoms with Crippen LogP contribution in [0.3, 0.4) is 0 Å². The Balaban J connectivity index is 0.00000208. The van der Waals surface area contributed by atoms with Gasteiger partial charge in [0.25, 0.3) is 0 Å². The van der Waals surface area contributed by atoms with Gasteiger partial charge in [-0.15, -0.1) is 12.4 Å². The van der Waals surface area contributed by atoms with E-state index in [1.165, 1.54) is 7.11 Å². The van der Waals surface area contributed by atoms with Gasteiger partial charge in [-0.3, -0.25) is 4.79 Å². The fourth-order valence-electron chi connectivity index (χ4n) is 2.72. The van der Waals surface area contributed by atoms with E-state index in [2.05, 4.69) is 9.80 Å². The summed E-state index contributed by atoms with van der Waals surface area (Å²) in [5, 5.41) is 9.45. The molecule has 1 fully saturated rings. The number of aromatic carboxylic acids is 1. The third kappa shape index (κ3) is 3.32. The van der Waals surface area contributed by atoms with Gasteiger partial charge in [-0.25, -0.2) is 4.79 Å². The third-order valence-electron chi connectivity index (χ3n) is 4.07. The molecular formula is C16H19ClN2O5. The van der Waals surface area contributed by atoms with Gasteiger partial charge < -0.3 is 24.1 Å². The lowest BCUT2D eigenvalue weighted by atomic mass is 10.1. The summed E-state index contributed by atoms with van der Waals surface area (Å²) < 4.78 is 10.8. The van der Waals surface area contributed by atoms with Gasteiger partial charge in [0.05, 0.1) is 18.2 Å². The molecule has 0 radical (unpaired) electrons. The third-order valence-corrected chi connectivity index (χ3v) is 4.07. The molecule has 0 atom stereocenters. The lowest BCUT2D eigenvalue weighted by molar-refractivity contribution is 0.0663. The van der Waals surface area contributed by atoms with Gasteiger partial charge in [-0.05, 0) is 13.1 Å². The smallest absolute Gasteiger partial charge is 0.371 e. The summed E-state index contributed by atoms with van der Waals surface area (Å²) in [5.41, 5.74) is 0.589. The van der Waals surface area contributed by atoms with Crippen molar-refractivity contribution in [2.24, 2.45) is 0 Å². The number of benzene rings is 1. The number of ether oxygens (including phenoxy) is 1. The Hall–Kier alpha value is -2.25. The van der Waals surface area contributed by atoms with Gasteiger partial charge in [0, 0.05) is 38.3 Å². The molecule has 0 unspecified atom stereocenters. The fraction of sp³-hybridized carbons (Fsp3) is 0.375. The zero-order chi connectivity index (χ0) is 16.6. The minimum atomic E-state index is -1.26. The van der Waals surface area contributed by atoms with E-state index in [1.54, 1.807) is 12.1 Å². The zero-order valence-electron chi connectivity index (χ0n) is 13.4. The van der Waals surface area contributed by atoms with Crippen LogP contribution in [-0.2, 0) is 0 Å². The van der Waals surface area contributed by atoms with Crippen molar-refractivity contribution in [2.75, 3.05) is 45.2 Å². The first-order valence-electron chi connectivity index (χ1n) is 7.32. The highest BCUT2D eigenvalue weighted by molar-refractivity contribution is 5.93. The average molecular weight is 355 g/mol. The van der Waals surface area contributed by atoms with Crippen LogP contribution in [-0.4, -0.2) is 56.3 Å². The minimum absolute atomic E-state index is 0. The maximum Gasteiger partial charge on any atom is 0.371 e. The number of nitrogens with zero attached hydrogens (tertiary/aromatic N) is 2. The van der Waals surface area contributed by atoms with E-state index in [0.29, 0.717) is 22.4 Å². The molecule has 130 valence electrons. The molecule has 1 saturated heterocycles. The normalized spacial score (nSPS) is 15.2. The molecule has 0 aliphatic carbocycles. The van der Waals surface area contributed by atoms with Crippen molar-refractivity contribution in [1.29, 1.82) is 0 Å². The van der Waals surface area contributed by atoms with Crippen molar-refractivity contribution in [3.05, 3.63) is 34.2 Å². The quantitative estimate of drug-likeness (QED) is 0.897. The molecule has 24 heavy (non-hydrogen) atoms. The molecule has 0 bridgehead atoms. The van der Waals surface area contributed by atoms with E-state index in [0.717, 1.165) is 32.2 Å². The van der Waals surface area contributed by atoms with Crippen LogP contribution in [0.1, 0.15) is 10.6 Å². The van der Waals surface area contributed by atoms with E-state index >= 15 is 0 Å². The Labute approximate surface area is 144 Å². The summed E-state index contributed by atoms with van der Waals surface area (Å²) in [6.45, 7) is 3.28. The highest BCUT2D eigenvalue weighted by Gasteiger charge is 2.21. The molecule has 1 aromatic carbocycles. The standard InChI is InChI=1S/C16H18N2O5.ClH/c1-17-3-5-18(6-4-17)12-8-10(22-2)7-11-13(19)9-14(16(20)21)23-15(11)12;/h7-9H,3-6H2,1-2H3,(H,20,21);1H. The number of halogens is 1. The number of hydrogen-bond donors (Lipinski definition) is 1. The summed E-state index contributed by atoms with van der Waals surface area (Å²) in [6.07, 6.45) is 0. The summed E-state index contributed by atoms with van der Waals surface area (Å²) >= 11 is 0. The molecule has 0 amide bonds. The van der Waals surface area contributed by atoms with Crippen LogP contribution in [0.2, 0.25) is 0 Å². The topological polar surface area (TPSA) is 83.2 Å². The van der Waals surface area contributed by atoms with E-state index in [9.17, 15) is 9.59 Å². The SMILES string of the molecule is COc1cc(N2CCN(C)CC2)c2oc(C(=O)O)cc(=O)c2c1.Cl. The average Bonchev–Trinajstić information content (AvgIpc) is 2.54. The van der Waals surface area contributed by atoms with Crippen LogP contribution in [0.15, 0.2) is 27.4 Å². The Morgan fingerprint density at radius 1 is 1.21 bits per heavy atom. The number of anilines is 1. The largest absolute Gasteiger partial charge is 0.497 e. The molecule has 1 aliphatic rings. The van der Waals surface area contributed by atoms with E-state index < -0.39 is 11.4 Å². The number of methoxy groups -OCH3 is 1. The summed E-state index contributed by atoms with van der Waals surface area (Å²) in [4.78, 5) is 27.7. The summed E-state index contributed by atoms with van der Waals surface area (Å²) in [5.74, 6) is -1.08. The molecular weight excluding hydrogens is 336 g/mol. The molecule has 2 heterocycles. The van der Waals surface area contributed by atoms with Crippen LogP contribution in [0.4, 0.5) is 5.69 Å². The number of carboxylic acids is 1. The van der Waals surface area contributed by atoms with E-state index in [1.807, 2.05) is 7.05 Å². The van der Waals surface area contributed by atoms with Crippen molar-refractivity contribution in [3.8, 4) is 5.75 Å². The van der Waals surface area contributed by atoms with Crippen molar-refractivity contribution in [3.63, 3.8) is 0 Å². The fourth-order valence-corrected chi connectivity index (χ4v) is 2.72. The van der Waals surface area contributed by atoms with E-state index in [-0.39, 0.29) is 18.2 Å². The predicted octanol–water partition coefficient (Wildman–Crippen LogP) is 1.67. The molecule has 0 spiro atoms. The second kappa shape index (κ2) is 7.11. The Kier molecular flexibility index (Phi) is 5.36. The molecule has 2 aromatic rings. The first-order valence-corrected chi connectivity index (χ1v) is 7.32. The maximum atomic E-state index is 12.3. The monoisotopic (exact) mass is 354 g/mol. The van der Waals surface area contributed by atoms with Gasteiger partial charge in [0.2, 0.25) is 5.76 Å². The minimum Gasteiger partial charge on any atom is -0.497 e. The van der Waals surface area contributed by atoms with Crippen LogP contribution in [0.5, 0.6) is 5.75 Å². The zero-order valence-corrected chi connectivity index (χ0v) is 14.3. The predicted molar refractivity (Wildman–Crippen MR) is 93.0 cm³/mol. The molecule has 3 rings (SSSR count). The van der Waals surface area contributed by atoms with E-state index in [4.69, 9.17) is 14.3 Å². The van der Waals surface area contributed by atoms with Gasteiger partial charge in [0.1, 0.15) is 5.75 Å². The number of rotatable bonds is 3. The molecule has 7 nitrogen and oxygen atoms in total. The van der Waals surface area contributed by atoms with Crippen molar-refractivity contribution in [2.45, 2.75) is 0 Å². The van der Waals surface area contributed by atoms with Crippen LogP contribution in [0, 0.1) is 0 Å². The second-order valence-electron chi connectivity index (χ2n) is 5.59. The number of piperazine rings is 1. The molecule has 1 aromatic heterocycles. The van der Waals surface area contributed by atoms with Gasteiger partial charge in [-0.2, -0.15) is 0 Å². The van der Waals surface area contributed by atoms with Crippen LogP contribution < -0.4 is 15.1 Å². The van der Waals surface area contributed by atoms with Gasteiger partial charge >= 0.3 is 5.97 Å². The van der Waals surface area contributed by atoms with Gasteiger partial charge in [0.15, 0.2) is 11.0 Å². The number of fused-ring (bicyclic) bond motifs is 1. The lowest BCUT2D eigenvalue weighted by Crippen LogP contribution is -2.44. The Morgan fingerprint density at radius 3 is 2.46 bits per heavy atom. The maximum absolute atomic E-state index is 12.3. The first kappa shape index (κ1) is 18.1. The summed E-state index contributed by atoms with van der Waals surface area (Å²) in [6, 6.07) is 4.35. The van der Waals surface area contributed by atoms with Crippen molar-refractivity contribution < 1.29 is 19.1 Å². The van der Waals surface area contributed by atoms with Crippen LogP contribution in [0.25, 0.3) is 11.0 Å². The molecule has 1 N–H and O–H groups in total. The van der Waals surface area contributed by atoms with Crippen molar-refractivity contribution in [1.82, 2.24) is 4.90 Å². The molecule has 1 aliphatic heterocycles. The highest BCUT2D eigenvalue weighted by Crippen LogP contribution is 2.31. The Bertz CT molecular complexity index is 812. The first-order chi connectivity index (χ1) is 11.0. The molecule has 8 heteroatoms. The van der Waals surface area contributed by atoms with Gasteiger partial charge in [-0.1, -0.05) is 0 Å². The Morgan fingerprint density at radius 2 is 1.88 bits per heavy atom. The number of likely N-dealkylation sites (N-methyl/N-ethyl adjacent to an activating group) is 1. The van der Waals surface area contributed by atoms with Crippen molar-refractivity contribution >= 4 is 35.0 Å². The van der Waals surface area contributed by atoms with Crippen LogP contribution >= 0.6 is 12.4 Å². The number of carboxylic acid groups (broad SMARTS) is 1. The highest BCUT2D eigenvalue weighted by atomic mass is 35.5.